The fourth-order valence-corrected chi connectivity index (χ4v) is 2.55. The fourth-order valence-electron chi connectivity index (χ4n) is 2.55. The first-order valence-electron chi connectivity index (χ1n) is 10.4. The zero-order chi connectivity index (χ0) is 20.5. The van der Waals surface area contributed by atoms with E-state index in [0.29, 0.717) is 19.4 Å². The Labute approximate surface area is 163 Å². The molecular formula is C20H38N2O5. The number of rotatable bonds is 15. The van der Waals surface area contributed by atoms with Crippen LogP contribution in [0.5, 0.6) is 0 Å². The summed E-state index contributed by atoms with van der Waals surface area (Å²) in [5.41, 5.74) is 0. The molecule has 2 amide bonds. The van der Waals surface area contributed by atoms with Crippen LogP contribution in [0.2, 0.25) is 0 Å². The summed E-state index contributed by atoms with van der Waals surface area (Å²) >= 11 is 0. The van der Waals surface area contributed by atoms with Crippen LogP contribution >= 0.6 is 0 Å². The van der Waals surface area contributed by atoms with Crippen molar-refractivity contribution in [1.29, 1.82) is 0 Å². The summed E-state index contributed by atoms with van der Waals surface area (Å²) in [6.07, 6.45) is 6.66. The van der Waals surface area contributed by atoms with E-state index in [2.05, 4.69) is 17.6 Å². The molecule has 0 saturated carbocycles. The number of esters is 1. The summed E-state index contributed by atoms with van der Waals surface area (Å²) in [5.74, 6) is -0.776. The van der Waals surface area contributed by atoms with Crippen LogP contribution in [0.25, 0.3) is 0 Å². The van der Waals surface area contributed by atoms with E-state index in [4.69, 9.17) is 9.47 Å². The van der Waals surface area contributed by atoms with Crippen molar-refractivity contribution < 1.29 is 23.9 Å². The predicted octanol–water partition coefficient (Wildman–Crippen LogP) is 3.70. The highest BCUT2D eigenvalue weighted by Crippen LogP contribution is 2.07. The van der Waals surface area contributed by atoms with Gasteiger partial charge in [0.2, 0.25) is 5.91 Å². The summed E-state index contributed by atoms with van der Waals surface area (Å²) in [6, 6.07) is -1.41. The standard InChI is InChI=1S/C20H38N2O5/c1-5-9-12-15-27-19(24)17(14-11-7-3)21-18(23)16(13-10-6-2)22-20(25)26-8-4/h16-17H,5-15H2,1-4H3,(H,21,23)(H,22,25). The summed E-state index contributed by atoms with van der Waals surface area (Å²) in [4.78, 5) is 36.7. The van der Waals surface area contributed by atoms with E-state index in [9.17, 15) is 14.4 Å². The Morgan fingerprint density at radius 3 is 1.89 bits per heavy atom. The maximum absolute atomic E-state index is 12.7. The summed E-state index contributed by atoms with van der Waals surface area (Å²) in [5, 5.41) is 5.35. The lowest BCUT2D eigenvalue weighted by molar-refractivity contribution is -0.148. The van der Waals surface area contributed by atoms with Gasteiger partial charge in [0.25, 0.3) is 0 Å². The molecule has 0 heterocycles. The number of carbonyl (C=O) groups excluding carboxylic acids is 3. The molecule has 0 aromatic carbocycles. The summed E-state index contributed by atoms with van der Waals surface area (Å²) in [6.45, 7) is 8.42. The zero-order valence-electron chi connectivity index (χ0n) is 17.5. The van der Waals surface area contributed by atoms with E-state index < -0.39 is 24.1 Å². The molecule has 2 N–H and O–H groups in total. The number of ether oxygens (including phenoxy) is 2. The van der Waals surface area contributed by atoms with Crippen LogP contribution in [-0.2, 0) is 19.1 Å². The minimum atomic E-state index is -0.721. The minimum Gasteiger partial charge on any atom is -0.464 e. The van der Waals surface area contributed by atoms with E-state index >= 15 is 0 Å². The highest BCUT2D eigenvalue weighted by Gasteiger charge is 2.27. The largest absolute Gasteiger partial charge is 0.464 e. The lowest BCUT2D eigenvalue weighted by Gasteiger charge is -2.22. The number of alkyl carbamates (subject to hydrolysis) is 1. The molecule has 0 radical (unpaired) electrons. The minimum absolute atomic E-state index is 0.233. The average Bonchev–Trinajstić information content (AvgIpc) is 2.65. The monoisotopic (exact) mass is 386 g/mol. The molecule has 158 valence electrons. The topological polar surface area (TPSA) is 93.7 Å². The van der Waals surface area contributed by atoms with Gasteiger partial charge in [0.05, 0.1) is 13.2 Å². The van der Waals surface area contributed by atoms with Crippen molar-refractivity contribution in [2.24, 2.45) is 0 Å². The molecule has 27 heavy (non-hydrogen) atoms. The maximum atomic E-state index is 12.7. The van der Waals surface area contributed by atoms with Crippen molar-refractivity contribution in [3.63, 3.8) is 0 Å². The van der Waals surface area contributed by atoms with E-state index in [1.54, 1.807) is 6.92 Å². The second-order valence-corrected chi connectivity index (χ2v) is 6.64. The van der Waals surface area contributed by atoms with Crippen LogP contribution in [0.15, 0.2) is 0 Å². The van der Waals surface area contributed by atoms with Crippen molar-refractivity contribution in [3.05, 3.63) is 0 Å². The van der Waals surface area contributed by atoms with Crippen LogP contribution in [0.1, 0.15) is 85.5 Å². The Hall–Kier alpha value is -1.79. The predicted molar refractivity (Wildman–Crippen MR) is 105 cm³/mol. The number of hydrogen-bond donors (Lipinski definition) is 2. The normalized spacial score (nSPS) is 12.7. The number of unbranched alkanes of at least 4 members (excludes halogenated alkanes) is 4. The van der Waals surface area contributed by atoms with E-state index in [0.717, 1.165) is 44.9 Å². The molecule has 0 aromatic rings. The molecule has 0 fully saturated rings. The molecule has 0 bridgehead atoms. The second-order valence-electron chi connectivity index (χ2n) is 6.64. The van der Waals surface area contributed by atoms with Crippen LogP contribution < -0.4 is 10.6 Å². The Balaban J connectivity index is 4.84. The van der Waals surface area contributed by atoms with Crippen molar-refractivity contribution in [2.75, 3.05) is 13.2 Å². The molecule has 0 spiro atoms. The van der Waals surface area contributed by atoms with Crippen LogP contribution in [0.3, 0.4) is 0 Å². The van der Waals surface area contributed by atoms with Crippen molar-refractivity contribution in [2.45, 2.75) is 97.6 Å². The first-order valence-corrected chi connectivity index (χ1v) is 10.4. The van der Waals surface area contributed by atoms with Crippen LogP contribution in [0, 0.1) is 0 Å². The van der Waals surface area contributed by atoms with Gasteiger partial charge >= 0.3 is 12.1 Å². The van der Waals surface area contributed by atoms with Gasteiger partial charge in [-0.2, -0.15) is 0 Å². The number of amides is 2. The zero-order valence-corrected chi connectivity index (χ0v) is 17.5. The van der Waals surface area contributed by atoms with Gasteiger partial charge in [-0.15, -0.1) is 0 Å². The van der Waals surface area contributed by atoms with Gasteiger partial charge < -0.3 is 20.1 Å². The van der Waals surface area contributed by atoms with Gasteiger partial charge in [-0.1, -0.05) is 59.3 Å². The van der Waals surface area contributed by atoms with Crippen molar-refractivity contribution >= 4 is 18.0 Å². The van der Waals surface area contributed by atoms with Crippen molar-refractivity contribution in [3.8, 4) is 0 Å². The molecule has 0 aromatic heterocycles. The highest BCUT2D eigenvalue weighted by atomic mass is 16.5. The van der Waals surface area contributed by atoms with Gasteiger partial charge in [0, 0.05) is 0 Å². The molecule has 7 heteroatoms. The maximum Gasteiger partial charge on any atom is 0.407 e. The van der Waals surface area contributed by atoms with Gasteiger partial charge in [0.1, 0.15) is 12.1 Å². The first-order chi connectivity index (χ1) is 13.0. The smallest absolute Gasteiger partial charge is 0.407 e. The fraction of sp³-hybridized carbons (Fsp3) is 0.850. The van der Waals surface area contributed by atoms with Gasteiger partial charge in [-0.25, -0.2) is 9.59 Å². The summed E-state index contributed by atoms with van der Waals surface area (Å²) < 4.78 is 10.2. The third kappa shape index (κ3) is 12.3. The lowest BCUT2D eigenvalue weighted by atomic mass is 10.1. The highest BCUT2D eigenvalue weighted by molar-refractivity contribution is 5.89. The Morgan fingerprint density at radius 2 is 1.33 bits per heavy atom. The number of hydrogen-bond acceptors (Lipinski definition) is 5. The average molecular weight is 387 g/mol. The van der Waals surface area contributed by atoms with Gasteiger partial charge in [0.15, 0.2) is 0 Å². The Kier molecular flexibility index (Phi) is 15.3. The molecule has 0 saturated heterocycles. The SMILES string of the molecule is CCCCCOC(=O)C(CCCC)NC(=O)C(CCCC)NC(=O)OCC. The van der Waals surface area contributed by atoms with E-state index in [-0.39, 0.29) is 12.5 Å². The molecule has 0 aliphatic carbocycles. The number of carbonyl (C=O) groups is 3. The van der Waals surface area contributed by atoms with E-state index in [1.165, 1.54) is 0 Å². The van der Waals surface area contributed by atoms with Gasteiger partial charge in [-0.05, 0) is 26.2 Å². The molecular weight excluding hydrogens is 348 g/mol. The lowest BCUT2D eigenvalue weighted by Crippen LogP contribution is -2.52. The van der Waals surface area contributed by atoms with E-state index in [1.807, 2.05) is 13.8 Å². The van der Waals surface area contributed by atoms with Gasteiger partial charge in [-0.3, -0.25) is 4.79 Å². The third-order valence-electron chi connectivity index (χ3n) is 4.17. The molecule has 0 rings (SSSR count). The van der Waals surface area contributed by atoms with Crippen LogP contribution in [0.4, 0.5) is 4.79 Å². The molecule has 0 aliphatic rings. The Morgan fingerprint density at radius 1 is 0.741 bits per heavy atom. The summed E-state index contributed by atoms with van der Waals surface area (Å²) in [7, 11) is 0. The second kappa shape index (κ2) is 16.4. The molecule has 0 aliphatic heterocycles. The van der Waals surface area contributed by atoms with Crippen molar-refractivity contribution in [1.82, 2.24) is 10.6 Å². The number of nitrogens with one attached hydrogen (secondary N) is 2. The molecule has 2 atom stereocenters. The molecule has 2 unspecified atom stereocenters. The quantitative estimate of drug-likeness (QED) is 0.331. The van der Waals surface area contributed by atoms with Crippen LogP contribution in [-0.4, -0.2) is 43.3 Å². The first kappa shape index (κ1) is 25.2. The molecule has 7 nitrogen and oxygen atoms in total. The third-order valence-corrected chi connectivity index (χ3v) is 4.17. The Bertz CT molecular complexity index is 429.